The number of nitrogens with zero attached hydrogens (tertiary/aromatic N) is 3. The van der Waals surface area contributed by atoms with Gasteiger partial charge in [-0.25, -0.2) is 17.7 Å². The van der Waals surface area contributed by atoms with Crippen LogP contribution < -0.4 is 5.32 Å². The van der Waals surface area contributed by atoms with Crippen LogP contribution in [0.4, 0.5) is 0 Å². The van der Waals surface area contributed by atoms with Crippen LogP contribution in [-0.4, -0.2) is 48.3 Å². The molecule has 172 valence electrons. The van der Waals surface area contributed by atoms with E-state index in [-0.39, 0.29) is 27.7 Å². The molecule has 8 heteroatoms. The second-order valence-corrected chi connectivity index (χ2v) is 12.9. The summed E-state index contributed by atoms with van der Waals surface area (Å²) in [6, 6.07) is 5.17. The van der Waals surface area contributed by atoms with Gasteiger partial charge in [0.05, 0.1) is 15.9 Å². The quantitative estimate of drug-likeness (QED) is 0.733. The van der Waals surface area contributed by atoms with Crippen LogP contribution in [0, 0.1) is 10.8 Å². The summed E-state index contributed by atoms with van der Waals surface area (Å²) in [6.45, 7) is 9.10. The topological polar surface area (TPSA) is 84.3 Å². The Morgan fingerprint density at radius 3 is 2.39 bits per heavy atom. The lowest BCUT2D eigenvalue weighted by Gasteiger charge is -2.45. The SMILES string of the molecule is CN(C)S(=O)(=O)c1ccc2c(c1)nc(CCC(=O)NC1CC(C)(C)CC(C)(C)C1)n2C. The summed E-state index contributed by atoms with van der Waals surface area (Å²) in [5.74, 6) is 0.815. The first-order valence-corrected chi connectivity index (χ1v) is 12.3. The van der Waals surface area contributed by atoms with Crippen molar-refractivity contribution in [3.63, 3.8) is 0 Å². The first-order valence-electron chi connectivity index (χ1n) is 10.9. The minimum Gasteiger partial charge on any atom is -0.353 e. The van der Waals surface area contributed by atoms with E-state index in [0.717, 1.165) is 30.6 Å². The van der Waals surface area contributed by atoms with Crippen molar-refractivity contribution in [1.29, 1.82) is 0 Å². The molecule has 1 fully saturated rings. The zero-order chi connectivity index (χ0) is 23.2. The van der Waals surface area contributed by atoms with Crippen molar-refractivity contribution >= 4 is 27.0 Å². The lowest BCUT2D eigenvalue weighted by atomic mass is 9.63. The van der Waals surface area contributed by atoms with Crippen molar-refractivity contribution in [1.82, 2.24) is 19.2 Å². The maximum absolute atomic E-state index is 12.7. The van der Waals surface area contributed by atoms with E-state index in [1.807, 2.05) is 11.6 Å². The summed E-state index contributed by atoms with van der Waals surface area (Å²) < 4.78 is 27.9. The summed E-state index contributed by atoms with van der Waals surface area (Å²) in [5, 5.41) is 3.23. The molecule has 0 bridgehead atoms. The fourth-order valence-electron chi connectivity index (χ4n) is 5.30. The molecule has 1 heterocycles. The van der Waals surface area contributed by atoms with Crippen molar-refractivity contribution in [2.24, 2.45) is 17.9 Å². The molecular weight excluding hydrogens is 412 g/mol. The Labute approximate surface area is 186 Å². The predicted molar refractivity (Wildman–Crippen MR) is 123 cm³/mol. The first kappa shape index (κ1) is 23.7. The molecule has 0 atom stereocenters. The minimum atomic E-state index is -3.51. The maximum atomic E-state index is 12.7. The Morgan fingerprint density at radius 1 is 1.19 bits per heavy atom. The van der Waals surface area contributed by atoms with Crippen LogP contribution in [-0.2, 0) is 28.3 Å². The lowest BCUT2D eigenvalue weighted by Crippen LogP contribution is -2.46. The van der Waals surface area contributed by atoms with Crippen LogP contribution in [0.5, 0.6) is 0 Å². The molecule has 0 spiro atoms. The van der Waals surface area contributed by atoms with Crippen LogP contribution in [0.2, 0.25) is 0 Å². The lowest BCUT2D eigenvalue weighted by molar-refractivity contribution is -0.122. The highest BCUT2D eigenvalue weighted by Gasteiger charge is 2.38. The number of aryl methyl sites for hydroxylation is 2. The van der Waals surface area contributed by atoms with Gasteiger partial charge in [0.2, 0.25) is 15.9 Å². The largest absolute Gasteiger partial charge is 0.353 e. The normalized spacial score (nSPS) is 19.1. The fraction of sp³-hybridized carbons (Fsp3) is 0.652. The van der Waals surface area contributed by atoms with E-state index in [1.165, 1.54) is 18.4 Å². The number of hydrogen-bond acceptors (Lipinski definition) is 4. The van der Waals surface area contributed by atoms with Gasteiger partial charge < -0.3 is 9.88 Å². The van der Waals surface area contributed by atoms with Gasteiger partial charge in [0, 0.05) is 40.0 Å². The van der Waals surface area contributed by atoms with Gasteiger partial charge in [-0.3, -0.25) is 4.79 Å². The van der Waals surface area contributed by atoms with Gasteiger partial charge in [-0.15, -0.1) is 0 Å². The zero-order valence-electron chi connectivity index (χ0n) is 19.8. The number of benzene rings is 1. The molecule has 0 aliphatic heterocycles. The predicted octanol–water partition coefficient (Wildman–Crippen LogP) is 3.48. The average Bonchev–Trinajstić information content (AvgIpc) is 2.92. The third kappa shape index (κ3) is 5.29. The molecule has 1 aromatic carbocycles. The molecule has 7 nitrogen and oxygen atoms in total. The van der Waals surface area contributed by atoms with Crippen LogP contribution in [0.3, 0.4) is 0 Å². The fourth-order valence-corrected chi connectivity index (χ4v) is 6.22. The second-order valence-electron chi connectivity index (χ2n) is 10.7. The van der Waals surface area contributed by atoms with E-state index in [2.05, 4.69) is 38.0 Å². The number of imidazole rings is 1. The molecule has 1 amide bonds. The van der Waals surface area contributed by atoms with E-state index in [9.17, 15) is 13.2 Å². The Hall–Kier alpha value is -1.93. The molecule has 31 heavy (non-hydrogen) atoms. The van der Waals surface area contributed by atoms with Crippen molar-refractivity contribution in [3.8, 4) is 0 Å². The number of rotatable bonds is 6. The molecule has 1 saturated carbocycles. The Balaban J connectivity index is 1.69. The van der Waals surface area contributed by atoms with E-state index >= 15 is 0 Å². The standard InChI is InChI=1S/C23H36N4O3S/c1-22(2)13-16(14-23(3,4)15-22)24-21(28)11-10-20-25-18-12-17(31(29,30)26(5)6)8-9-19(18)27(20)7/h8-9,12,16H,10-11,13-15H2,1-7H3,(H,24,28). The first-order chi connectivity index (χ1) is 14.2. The number of carbonyl (C=O) groups is 1. The number of sulfonamides is 1. The van der Waals surface area contributed by atoms with Crippen molar-refractivity contribution < 1.29 is 13.2 Å². The number of fused-ring (bicyclic) bond motifs is 1. The summed E-state index contributed by atoms with van der Waals surface area (Å²) in [5.41, 5.74) is 1.92. The molecule has 1 aromatic heterocycles. The summed E-state index contributed by atoms with van der Waals surface area (Å²) >= 11 is 0. The van der Waals surface area contributed by atoms with Crippen molar-refractivity contribution in [3.05, 3.63) is 24.0 Å². The monoisotopic (exact) mass is 448 g/mol. The minimum absolute atomic E-state index is 0.0430. The van der Waals surface area contributed by atoms with Gasteiger partial charge in [0.25, 0.3) is 0 Å². The second kappa shape index (κ2) is 8.20. The third-order valence-corrected chi connectivity index (χ3v) is 8.03. The smallest absolute Gasteiger partial charge is 0.242 e. The van der Waals surface area contributed by atoms with Crippen LogP contribution >= 0.6 is 0 Å². The van der Waals surface area contributed by atoms with Crippen LogP contribution in [0.15, 0.2) is 23.1 Å². The van der Waals surface area contributed by atoms with E-state index in [4.69, 9.17) is 0 Å². The van der Waals surface area contributed by atoms with E-state index in [0.29, 0.717) is 18.4 Å². The summed E-state index contributed by atoms with van der Waals surface area (Å²) in [4.78, 5) is 17.5. The van der Waals surface area contributed by atoms with Gasteiger partial charge in [-0.1, -0.05) is 27.7 Å². The number of nitrogens with one attached hydrogen (secondary N) is 1. The van der Waals surface area contributed by atoms with Crippen LogP contribution in [0.1, 0.15) is 59.2 Å². The molecular formula is C23H36N4O3S. The Morgan fingerprint density at radius 2 is 1.81 bits per heavy atom. The van der Waals surface area contributed by atoms with Crippen LogP contribution in [0.25, 0.3) is 11.0 Å². The van der Waals surface area contributed by atoms with Gasteiger partial charge in [-0.05, 0) is 48.3 Å². The molecule has 1 aliphatic rings. The molecule has 3 rings (SSSR count). The van der Waals surface area contributed by atoms with Gasteiger partial charge in [-0.2, -0.15) is 0 Å². The summed E-state index contributed by atoms with van der Waals surface area (Å²) in [7, 11) is 1.41. The Kier molecular flexibility index (Phi) is 6.28. The highest BCUT2D eigenvalue weighted by atomic mass is 32.2. The molecule has 0 radical (unpaired) electrons. The van der Waals surface area contributed by atoms with Gasteiger partial charge >= 0.3 is 0 Å². The molecule has 1 N–H and O–H groups in total. The maximum Gasteiger partial charge on any atom is 0.242 e. The number of aromatic nitrogens is 2. The summed E-state index contributed by atoms with van der Waals surface area (Å²) in [6.07, 6.45) is 4.02. The Bertz CT molecular complexity index is 1070. The van der Waals surface area contributed by atoms with Gasteiger partial charge in [0.1, 0.15) is 5.82 Å². The van der Waals surface area contributed by atoms with Crippen molar-refractivity contribution in [2.45, 2.75) is 70.7 Å². The molecule has 2 aromatic rings. The highest BCUT2D eigenvalue weighted by Crippen LogP contribution is 2.45. The van der Waals surface area contributed by atoms with Gasteiger partial charge in [0.15, 0.2) is 0 Å². The highest BCUT2D eigenvalue weighted by molar-refractivity contribution is 7.89. The third-order valence-electron chi connectivity index (χ3n) is 6.22. The molecule has 1 aliphatic carbocycles. The number of amides is 1. The van der Waals surface area contributed by atoms with E-state index < -0.39 is 10.0 Å². The number of hydrogen-bond donors (Lipinski definition) is 1. The average molecular weight is 449 g/mol. The zero-order valence-corrected chi connectivity index (χ0v) is 20.6. The van der Waals surface area contributed by atoms with Crippen molar-refractivity contribution in [2.75, 3.05) is 14.1 Å². The molecule has 0 unspecified atom stereocenters. The number of carbonyl (C=O) groups excluding carboxylic acids is 1. The van der Waals surface area contributed by atoms with E-state index in [1.54, 1.807) is 18.2 Å². The molecule has 0 saturated heterocycles.